The lowest BCUT2D eigenvalue weighted by atomic mass is 10.1. The topological polar surface area (TPSA) is 66.6 Å². The number of carboxylic acid groups (broad SMARTS) is 1. The Bertz CT molecular complexity index is 144. The van der Waals surface area contributed by atoms with Crippen molar-refractivity contribution in [1.82, 2.24) is 3.94 Å². The number of hydrogen-bond acceptors (Lipinski definition) is 3. The van der Waals surface area contributed by atoms with Gasteiger partial charge in [-0.2, -0.15) is 0 Å². The van der Waals surface area contributed by atoms with E-state index in [1.807, 2.05) is 0 Å². The number of nitrogens with two attached hydrogens (primary N) is 1. The predicted molar refractivity (Wildman–Crippen MR) is 47.9 cm³/mol. The summed E-state index contributed by atoms with van der Waals surface area (Å²) in [5.41, 5.74) is 5.24. The van der Waals surface area contributed by atoms with Gasteiger partial charge in [-0.15, -0.1) is 3.94 Å². The molecule has 12 heavy (non-hydrogen) atoms. The molecule has 72 valence electrons. The molecule has 0 aliphatic rings. The van der Waals surface area contributed by atoms with Crippen LogP contribution in [0.15, 0.2) is 0 Å². The first-order valence-electron chi connectivity index (χ1n) is 3.63. The highest BCUT2D eigenvalue weighted by atomic mass is 35.5. The van der Waals surface area contributed by atoms with E-state index in [9.17, 15) is 4.79 Å². The fourth-order valence-corrected chi connectivity index (χ4v) is 1.15. The van der Waals surface area contributed by atoms with Crippen molar-refractivity contribution in [3.8, 4) is 0 Å². The summed E-state index contributed by atoms with van der Waals surface area (Å²) in [6.45, 7) is 0.552. The van der Waals surface area contributed by atoms with Crippen molar-refractivity contribution in [1.29, 1.82) is 0 Å². The number of carbonyl (C=O) groups is 1. The highest BCUT2D eigenvalue weighted by Crippen LogP contribution is 2.13. The van der Waals surface area contributed by atoms with E-state index in [0.29, 0.717) is 23.3 Å². The molecule has 0 saturated carbocycles. The maximum atomic E-state index is 10.5. The first kappa shape index (κ1) is 12.0. The molecule has 0 aliphatic heterocycles. The molecular weight excluding hydrogens is 203 g/mol. The summed E-state index contributed by atoms with van der Waals surface area (Å²) in [5.74, 6) is -1.02. The minimum atomic E-state index is -1.02. The number of nitrogens with zero attached hydrogens (tertiary/aromatic N) is 1. The summed E-state index contributed by atoms with van der Waals surface area (Å²) < 4.78 is 0.666. The molecule has 0 aliphatic carbocycles. The van der Waals surface area contributed by atoms with Gasteiger partial charge in [-0.1, -0.05) is 0 Å². The van der Waals surface area contributed by atoms with Gasteiger partial charge < -0.3 is 10.8 Å². The van der Waals surface area contributed by atoms with Crippen LogP contribution in [-0.2, 0) is 4.79 Å². The van der Waals surface area contributed by atoms with Gasteiger partial charge in [-0.05, 0) is 49.4 Å². The van der Waals surface area contributed by atoms with Crippen LogP contribution in [0.1, 0.15) is 19.3 Å². The minimum Gasteiger partial charge on any atom is -0.480 e. The van der Waals surface area contributed by atoms with E-state index in [4.69, 9.17) is 34.4 Å². The number of carboxylic acids is 1. The van der Waals surface area contributed by atoms with Gasteiger partial charge in [-0.25, -0.2) is 0 Å². The normalized spacial score (nSPS) is 13.3. The number of rotatable bonds is 6. The Morgan fingerprint density at radius 3 is 2.42 bits per heavy atom. The molecule has 0 radical (unpaired) electrons. The van der Waals surface area contributed by atoms with E-state index >= 15 is 0 Å². The van der Waals surface area contributed by atoms with E-state index in [-0.39, 0.29) is 0 Å². The first-order valence-corrected chi connectivity index (χ1v) is 4.31. The van der Waals surface area contributed by atoms with Gasteiger partial charge in [0.15, 0.2) is 0 Å². The SMILES string of the molecule is NCCCCC(C(=O)O)N(Cl)Cl. The van der Waals surface area contributed by atoms with Gasteiger partial charge in [-0.3, -0.25) is 4.79 Å². The average Bonchev–Trinajstić information content (AvgIpc) is 1.96. The van der Waals surface area contributed by atoms with Crippen molar-refractivity contribution >= 4 is 29.5 Å². The standard InChI is InChI=1S/C6H12Cl2N2O2/c7-10(8)5(6(11)12)3-1-2-4-9/h5H,1-4,9H2,(H,11,12). The van der Waals surface area contributed by atoms with Crippen LogP contribution in [0, 0.1) is 0 Å². The van der Waals surface area contributed by atoms with E-state index in [0.717, 1.165) is 6.42 Å². The first-order chi connectivity index (χ1) is 5.59. The lowest BCUT2D eigenvalue weighted by Crippen LogP contribution is -2.29. The second kappa shape index (κ2) is 6.48. The van der Waals surface area contributed by atoms with Crippen LogP contribution in [0.3, 0.4) is 0 Å². The van der Waals surface area contributed by atoms with Gasteiger partial charge in [0.2, 0.25) is 0 Å². The zero-order valence-electron chi connectivity index (χ0n) is 6.54. The highest BCUT2D eigenvalue weighted by Gasteiger charge is 2.22. The molecule has 0 saturated heterocycles. The molecule has 6 heteroatoms. The number of halogens is 2. The molecule has 1 unspecified atom stereocenters. The maximum absolute atomic E-state index is 10.5. The number of aliphatic carboxylic acids is 1. The molecule has 0 aromatic heterocycles. The van der Waals surface area contributed by atoms with Crippen molar-refractivity contribution in [2.45, 2.75) is 25.3 Å². The zero-order valence-corrected chi connectivity index (χ0v) is 8.05. The molecule has 4 nitrogen and oxygen atoms in total. The third-order valence-electron chi connectivity index (χ3n) is 1.45. The quantitative estimate of drug-likeness (QED) is 0.515. The van der Waals surface area contributed by atoms with E-state index in [1.165, 1.54) is 0 Å². The van der Waals surface area contributed by atoms with Crippen LogP contribution in [0.4, 0.5) is 0 Å². The summed E-state index contributed by atoms with van der Waals surface area (Å²) in [6, 6.07) is -0.833. The molecule has 0 aromatic rings. The molecule has 0 heterocycles. The van der Waals surface area contributed by atoms with Crippen LogP contribution in [-0.4, -0.2) is 27.6 Å². The second-order valence-corrected chi connectivity index (χ2v) is 3.30. The largest absolute Gasteiger partial charge is 0.480 e. The van der Waals surface area contributed by atoms with Gasteiger partial charge in [0.25, 0.3) is 0 Å². The second-order valence-electron chi connectivity index (χ2n) is 2.40. The van der Waals surface area contributed by atoms with Crippen molar-refractivity contribution < 1.29 is 9.90 Å². The summed E-state index contributed by atoms with van der Waals surface area (Å²) in [7, 11) is 0. The Labute approximate surface area is 81.4 Å². The maximum Gasteiger partial charge on any atom is 0.323 e. The Hall–Kier alpha value is -0.0300. The molecule has 3 N–H and O–H groups in total. The fraction of sp³-hybridized carbons (Fsp3) is 0.833. The molecule has 0 amide bonds. The average molecular weight is 215 g/mol. The molecule has 1 atom stereocenters. The van der Waals surface area contributed by atoms with Gasteiger partial charge in [0.1, 0.15) is 6.04 Å². The Kier molecular flexibility index (Phi) is 6.47. The fourth-order valence-electron chi connectivity index (χ4n) is 0.787. The van der Waals surface area contributed by atoms with Gasteiger partial charge in [0, 0.05) is 0 Å². The summed E-state index contributed by atoms with van der Waals surface area (Å²) >= 11 is 10.6. The highest BCUT2D eigenvalue weighted by molar-refractivity contribution is 6.34. The molecule has 0 aromatic carbocycles. The summed E-state index contributed by atoms with van der Waals surface area (Å²) in [6.07, 6.45) is 1.91. The molecular formula is C6H12Cl2N2O2. The summed E-state index contributed by atoms with van der Waals surface area (Å²) in [5, 5.41) is 8.60. The monoisotopic (exact) mass is 214 g/mol. The lowest BCUT2D eigenvalue weighted by Gasteiger charge is -2.13. The van der Waals surface area contributed by atoms with Crippen LogP contribution in [0.25, 0.3) is 0 Å². The number of unbranched alkanes of at least 4 members (excludes halogenated alkanes) is 1. The minimum absolute atomic E-state index is 0.416. The molecule has 0 fully saturated rings. The summed E-state index contributed by atoms with van der Waals surface area (Å²) in [4.78, 5) is 10.5. The number of hydrogen-bond donors (Lipinski definition) is 2. The van der Waals surface area contributed by atoms with Gasteiger partial charge in [0.05, 0.1) is 0 Å². The third kappa shape index (κ3) is 4.77. The van der Waals surface area contributed by atoms with Gasteiger partial charge >= 0.3 is 5.97 Å². The smallest absolute Gasteiger partial charge is 0.323 e. The molecule has 0 bridgehead atoms. The lowest BCUT2D eigenvalue weighted by molar-refractivity contribution is -0.140. The van der Waals surface area contributed by atoms with Crippen LogP contribution < -0.4 is 5.73 Å². The molecule has 0 rings (SSSR count). The van der Waals surface area contributed by atoms with Crippen molar-refractivity contribution in [3.63, 3.8) is 0 Å². The third-order valence-corrected chi connectivity index (χ3v) is 1.92. The van der Waals surface area contributed by atoms with Crippen LogP contribution >= 0.6 is 23.6 Å². The van der Waals surface area contributed by atoms with Crippen LogP contribution in [0.5, 0.6) is 0 Å². The molecule has 0 spiro atoms. The van der Waals surface area contributed by atoms with E-state index < -0.39 is 12.0 Å². The van der Waals surface area contributed by atoms with Crippen molar-refractivity contribution in [2.75, 3.05) is 6.54 Å². The Balaban J connectivity index is 3.72. The van der Waals surface area contributed by atoms with Crippen LogP contribution in [0.2, 0.25) is 0 Å². The van der Waals surface area contributed by atoms with Crippen molar-refractivity contribution in [2.24, 2.45) is 5.73 Å². The zero-order chi connectivity index (χ0) is 9.56. The predicted octanol–water partition coefficient (Wildman–Crippen LogP) is 1.18. The van der Waals surface area contributed by atoms with E-state index in [2.05, 4.69) is 0 Å². The Morgan fingerprint density at radius 2 is 2.08 bits per heavy atom. The van der Waals surface area contributed by atoms with E-state index in [1.54, 1.807) is 0 Å². The Morgan fingerprint density at radius 1 is 1.50 bits per heavy atom. The van der Waals surface area contributed by atoms with Crippen molar-refractivity contribution in [3.05, 3.63) is 0 Å².